The third-order valence-electron chi connectivity index (χ3n) is 3.98. The third-order valence-corrected chi connectivity index (χ3v) is 4.40. The van der Waals surface area contributed by atoms with Crippen molar-refractivity contribution in [3.05, 3.63) is 88.9 Å². The minimum atomic E-state index is -0.368. The lowest BCUT2D eigenvalue weighted by Gasteiger charge is -2.12. The van der Waals surface area contributed by atoms with Gasteiger partial charge in [-0.2, -0.15) is 0 Å². The van der Waals surface area contributed by atoms with Crippen molar-refractivity contribution in [1.29, 1.82) is 0 Å². The lowest BCUT2D eigenvalue weighted by atomic mass is 10.1. The van der Waals surface area contributed by atoms with E-state index in [1.165, 1.54) is 0 Å². The van der Waals surface area contributed by atoms with Crippen molar-refractivity contribution in [1.82, 2.24) is 0 Å². The Kier molecular flexibility index (Phi) is 6.29. The molecule has 0 saturated heterocycles. The highest BCUT2D eigenvalue weighted by Crippen LogP contribution is 2.21. The van der Waals surface area contributed by atoms with Gasteiger partial charge in [-0.3, -0.25) is 9.59 Å². The zero-order valence-corrected chi connectivity index (χ0v) is 16.0. The van der Waals surface area contributed by atoms with Crippen LogP contribution in [0.3, 0.4) is 0 Å². The van der Waals surface area contributed by atoms with Crippen LogP contribution in [0.1, 0.15) is 15.9 Å². The molecule has 6 heteroatoms. The molecule has 3 aromatic carbocycles. The number of hydrogen-bond acceptors (Lipinski definition) is 3. The molecule has 2 N–H and O–H groups in total. The highest BCUT2D eigenvalue weighted by atomic mass is 35.5. The van der Waals surface area contributed by atoms with Gasteiger partial charge in [0.25, 0.3) is 11.8 Å². The minimum Gasteiger partial charge on any atom is -0.484 e. The van der Waals surface area contributed by atoms with E-state index < -0.39 is 0 Å². The largest absolute Gasteiger partial charge is 0.484 e. The molecule has 0 spiro atoms. The van der Waals surface area contributed by atoms with Gasteiger partial charge in [0.05, 0.1) is 11.3 Å². The van der Waals surface area contributed by atoms with E-state index >= 15 is 0 Å². The van der Waals surface area contributed by atoms with Gasteiger partial charge < -0.3 is 15.4 Å². The fraction of sp³-hybridized carbons (Fsp3) is 0.0909. The topological polar surface area (TPSA) is 67.4 Å². The van der Waals surface area contributed by atoms with Crippen LogP contribution >= 0.6 is 11.6 Å². The number of amides is 2. The van der Waals surface area contributed by atoms with Crippen molar-refractivity contribution in [2.45, 2.75) is 6.92 Å². The van der Waals surface area contributed by atoms with Crippen molar-refractivity contribution in [3.8, 4) is 5.75 Å². The van der Waals surface area contributed by atoms with Gasteiger partial charge in [-0.1, -0.05) is 41.9 Å². The molecule has 0 atom stereocenters. The molecule has 142 valence electrons. The Morgan fingerprint density at radius 1 is 0.929 bits per heavy atom. The van der Waals surface area contributed by atoms with Crippen LogP contribution < -0.4 is 15.4 Å². The number of benzene rings is 3. The molecule has 0 aliphatic carbocycles. The normalized spacial score (nSPS) is 10.2. The number of carbonyl (C=O) groups excluding carboxylic acids is 2. The van der Waals surface area contributed by atoms with Crippen molar-refractivity contribution in [2.24, 2.45) is 0 Å². The number of nitrogens with one attached hydrogen (secondary N) is 2. The fourth-order valence-corrected chi connectivity index (χ4v) is 2.67. The summed E-state index contributed by atoms with van der Waals surface area (Å²) in [6.07, 6.45) is 0. The predicted octanol–water partition coefficient (Wildman–Crippen LogP) is 4.92. The molecule has 0 heterocycles. The average Bonchev–Trinajstić information content (AvgIpc) is 2.70. The third kappa shape index (κ3) is 5.11. The summed E-state index contributed by atoms with van der Waals surface area (Å²) in [5.74, 6) is -0.129. The molecule has 0 aliphatic heterocycles. The van der Waals surface area contributed by atoms with Crippen molar-refractivity contribution >= 4 is 34.8 Å². The molecule has 0 bridgehead atoms. The number of anilines is 2. The maximum Gasteiger partial charge on any atom is 0.262 e. The summed E-state index contributed by atoms with van der Waals surface area (Å²) in [6.45, 7) is 1.67. The van der Waals surface area contributed by atoms with Crippen LogP contribution in [0.15, 0.2) is 72.8 Å². The maximum atomic E-state index is 12.6. The first kappa shape index (κ1) is 19.5. The second-order valence-corrected chi connectivity index (χ2v) is 6.52. The van der Waals surface area contributed by atoms with Crippen molar-refractivity contribution in [3.63, 3.8) is 0 Å². The number of hydrogen-bond donors (Lipinski definition) is 2. The summed E-state index contributed by atoms with van der Waals surface area (Å²) < 4.78 is 5.50. The molecule has 0 aromatic heterocycles. The van der Waals surface area contributed by atoms with E-state index in [2.05, 4.69) is 10.6 Å². The molecule has 2 amide bonds. The molecular weight excluding hydrogens is 376 g/mol. The monoisotopic (exact) mass is 394 g/mol. The molecule has 28 heavy (non-hydrogen) atoms. The average molecular weight is 395 g/mol. The number of aryl methyl sites for hydroxylation is 1. The van der Waals surface area contributed by atoms with Gasteiger partial charge >= 0.3 is 0 Å². The number of ether oxygens (including phenoxy) is 1. The molecule has 3 aromatic rings. The Hall–Kier alpha value is -3.31. The van der Waals surface area contributed by atoms with Gasteiger partial charge in [0.1, 0.15) is 5.75 Å². The van der Waals surface area contributed by atoms with E-state index in [0.717, 1.165) is 5.56 Å². The first-order valence-electron chi connectivity index (χ1n) is 8.67. The second kappa shape index (κ2) is 9.06. The second-order valence-electron chi connectivity index (χ2n) is 6.11. The molecule has 3 rings (SSSR count). The van der Waals surface area contributed by atoms with E-state index in [-0.39, 0.29) is 18.4 Å². The standard InChI is InChI=1S/C22H19ClN2O3/c1-15-13-17(11-12-19(15)23)28-14-21(26)25-20-10-6-5-9-18(20)22(27)24-16-7-3-2-4-8-16/h2-13H,14H2,1H3,(H,24,27)(H,25,26). The number of halogens is 1. The van der Waals surface area contributed by atoms with Gasteiger partial charge in [0, 0.05) is 10.7 Å². The van der Waals surface area contributed by atoms with Gasteiger partial charge in [-0.25, -0.2) is 0 Å². The predicted molar refractivity (Wildman–Crippen MR) is 111 cm³/mol. The molecule has 5 nitrogen and oxygen atoms in total. The Morgan fingerprint density at radius 3 is 2.39 bits per heavy atom. The first-order chi connectivity index (χ1) is 13.5. The van der Waals surface area contributed by atoms with Gasteiger partial charge in [-0.05, 0) is 55.0 Å². The van der Waals surface area contributed by atoms with Crippen LogP contribution in [-0.4, -0.2) is 18.4 Å². The highest BCUT2D eigenvalue weighted by molar-refractivity contribution is 6.31. The summed E-state index contributed by atoms with van der Waals surface area (Å²) in [4.78, 5) is 24.8. The minimum absolute atomic E-state index is 0.185. The molecular formula is C22H19ClN2O3. The highest BCUT2D eigenvalue weighted by Gasteiger charge is 2.14. The van der Waals surface area contributed by atoms with Crippen LogP contribution in [0, 0.1) is 6.92 Å². The van der Waals surface area contributed by atoms with E-state index in [1.807, 2.05) is 25.1 Å². The molecule has 0 aliphatic rings. The van der Waals surface area contributed by atoms with Gasteiger partial charge in [-0.15, -0.1) is 0 Å². The first-order valence-corrected chi connectivity index (χ1v) is 9.05. The zero-order valence-electron chi connectivity index (χ0n) is 15.2. The van der Waals surface area contributed by atoms with E-state index in [9.17, 15) is 9.59 Å². The van der Waals surface area contributed by atoms with Crippen LogP contribution in [-0.2, 0) is 4.79 Å². The molecule has 0 unspecified atom stereocenters. The van der Waals surface area contributed by atoms with Crippen molar-refractivity contribution < 1.29 is 14.3 Å². The lowest BCUT2D eigenvalue weighted by Crippen LogP contribution is -2.22. The summed E-state index contributed by atoms with van der Waals surface area (Å²) in [5.41, 5.74) is 2.32. The summed E-state index contributed by atoms with van der Waals surface area (Å²) in [6, 6.07) is 21.1. The summed E-state index contributed by atoms with van der Waals surface area (Å²) in [7, 11) is 0. The lowest BCUT2D eigenvalue weighted by molar-refractivity contribution is -0.118. The smallest absolute Gasteiger partial charge is 0.262 e. The quantitative estimate of drug-likeness (QED) is 0.623. The molecule has 0 radical (unpaired) electrons. The Balaban J connectivity index is 1.64. The van der Waals surface area contributed by atoms with E-state index in [1.54, 1.807) is 54.6 Å². The van der Waals surface area contributed by atoms with Crippen molar-refractivity contribution in [2.75, 3.05) is 17.2 Å². The van der Waals surface area contributed by atoms with E-state index in [0.29, 0.717) is 27.7 Å². The Labute approximate surface area is 168 Å². The zero-order chi connectivity index (χ0) is 19.9. The van der Waals surface area contributed by atoms with Crippen LogP contribution in [0.5, 0.6) is 5.75 Å². The number of para-hydroxylation sites is 2. The van der Waals surface area contributed by atoms with Crippen LogP contribution in [0.2, 0.25) is 5.02 Å². The van der Waals surface area contributed by atoms with Gasteiger partial charge in [0.2, 0.25) is 0 Å². The number of carbonyl (C=O) groups is 2. The van der Waals surface area contributed by atoms with Crippen LogP contribution in [0.25, 0.3) is 0 Å². The summed E-state index contributed by atoms with van der Waals surface area (Å²) >= 11 is 5.98. The fourth-order valence-electron chi connectivity index (χ4n) is 2.55. The van der Waals surface area contributed by atoms with Crippen LogP contribution in [0.4, 0.5) is 11.4 Å². The van der Waals surface area contributed by atoms with Gasteiger partial charge in [0.15, 0.2) is 6.61 Å². The summed E-state index contributed by atoms with van der Waals surface area (Å²) in [5, 5.41) is 6.16. The maximum absolute atomic E-state index is 12.6. The SMILES string of the molecule is Cc1cc(OCC(=O)Nc2ccccc2C(=O)Nc2ccccc2)ccc1Cl. The Morgan fingerprint density at radius 2 is 1.64 bits per heavy atom. The molecule has 0 saturated carbocycles. The molecule has 0 fully saturated rings. The Bertz CT molecular complexity index is 990. The number of rotatable bonds is 6. The van der Waals surface area contributed by atoms with E-state index in [4.69, 9.17) is 16.3 Å².